The molecule has 0 unspecified atom stereocenters. The Morgan fingerprint density at radius 2 is 0.911 bits per heavy atom. The molecule has 0 N–H and O–H groups in total. The van der Waals surface area contributed by atoms with Gasteiger partial charge in [0.15, 0.2) is 0 Å². The molecule has 3 aromatic heterocycles. The van der Waals surface area contributed by atoms with Crippen LogP contribution in [0.2, 0.25) is 0 Å². The third kappa shape index (κ3) is 3.75. The van der Waals surface area contributed by atoms with Crippen molar-refractivity contribution in [2.24, 2.45) is 0 Å². The number of nitrogens with zero attached hydrogens (tertiary/aromatic N) is 1. The predicted molar refractivity (Wildman–Crippen MR) is 192 cm³/mol. The molecule has 2 nitrogen and oxygen atoms in total. The van der Waals surface area contributed by atoms with Gasteiger partial charge in [0, 0.05) is 47.4 Å². The van der Waals surface area contributed by atoms with Crippen molar-refractivity contribution in [1.29, 1.82) is 0 Å². The van der Waals surface area contributed by atoms with Gasteiger partial charge in [0.25, 0.3) is 0 Å². The Labute approximate surface area is 263 Å². The van der Waals surface area contributed by atoms with Crippen LogP contribution in [0.15, 0.2) is 156 Å². The van der Waals surface area contributed by atoms with Crippen LogP contribution in [0.5, 0.6) is 0 Å². The summed E-state index contributed by atoms with van der Waals surface area (Å²) in [5.74, 6) is 0. The second-order valence-corrected chi connectivity index (χ2v) is 12.8. The maximum Gasteiger partial charge on any atom is 0.135 e. The number of hydrogen-bond donors (Lipinski definition) is 0. The van der Waals surface area contributed by atoms with E-state index in [4.69, 9.17) is 4.42 Å². The number of rotatable bonds is 3. The molecule has 0 bridgehead atoms. The first-order chi connectivity index (χ1) is 22.3. The lowest BCUT2D eigenvalue weighted by Crippen LogP contribution is -1.93. The molecule has 0 radical (unpaired) electrons. The zero-order valence-corrected chi connectivity index (χ0v) is 25.0. The van der Waals surface area contributed by atoms with Crippen molar-refractivity contribution in [2.75, 3.05) is 0 Å². The van der Waals surface area contributed by atoms with E-state index in [0.717, 1.165) is 27.6 Å². The minimum Gasteiger partial charge on any atom is -0.456 e. The number of furan rings is 1. The quantitative estimate of drug-likeness (QED) is 0.200. The van der Waals surface area contributed by atoms with E-state index in [-0.39, 0.29) is 0 Å². The summed E-state index contributed by atoms with van der Waals surface area (Å²) in [6, 6.07) is 54.9. The van der Waals surface area contributed by atoms with Crippen LogP contribution in [0.4, 0.5) is 0 Å². The lowest BCUT2D eigenvalue weighted by atomic mass is 9.98. The fourth-order valence-electron chi connectivity index (χ4n) is 7.05. The summed E-state index contributed by atoms with van der Waals surface area (Å²) in [7, 11) is 0. The molecule has 210 valence electrons. The topological polar surface area (TPSA) is 18.1 Å². The van der Waals surface area contributed by atoms with Gasteiger partial charge in [0.05, 0.1) is 11.0 Å². The molecule has 0 aliphatic rings. The van der Waals surface area contributed by atoms with Crippen LogP contribution in [0.25, 0.3) is 91.9 Å². The van der Waals surface area contributed by atoms with Crippen molar-refractivity contribution in [3.63, 3.8) is 0 Å². The maximum atomic E-state index is 6.12. The van der Waals surface area contributed by atoms with Crippen molar-refractivity contribution in [2.45, 2.75) is 0 Å². The highest BCUT2D eigenvalue weighted by Crippen LogP contribution is 2.40. The summed E-state index contributed by atoms with van der Waals surface area (Å²) >= 11 is 1.86. The minimum absolute atomic E-state index is 0.918. The highest BCUT2D eigenvalue weighted by Gasteiger charge is 2.16. The summed E-state index contributed by atoms with van der Waals surface area (Å²) in [5, 5.41) is 7.44. The zero-order valence-electron chi connectivity index (χ0n) is 24.2. The molecule has 0 spiro atoms. The number of fused-ring (bicyclic) bond motifs is 9. The van der Waals surface area contributed by atoms with Gasteiger partial charge in [-0.05, 0) is 95.1 Å². The number of thiophene rings is 1. The average molecular weight is 592 g/mol. The van der Waals surface area contributed by atoms with Crippen molar-refractivity contribution in [3.8, 4) is 27.9 Å². The first-order valence-electron chi connectivity index (χ1n) is 15.3. The van der Waals surface area contributed by atoms with Crippen LogP contribution in [0.1, 0.15) is 0 Å². The van der Waals surface area contributed by atoms with Crippen LogP contribution in [0, 0.1) is 0 Å². The Bertz CT molecular complexity index is 2590. The standard InChI is InChI=1S/C42H25NOS/c1-2-8-30(9-3-1)43-37-18-14-26(28-16-20-40-35(24-28)31-10-4-6-12-39(31)44-40)22-33(37)34-23-27(15-19-38(34)43)29-17-21-42-36(25-29)32-11-5-7-13-41(32)45-42/h1-25H. The van der Waals surface area contributed by atoms with Gasteiger partial charge in [-0.1, -0.05) is 78.9 Å². The van der Waals surface area contributed by atoms with E-state index in [2.05, 4.69) is 144 Å². The number of para-hydroxylation sites is 2. The molecular weight excluding hydrogens is 567 g/mol. The smallest absolute Gasteiger partial charge is 0.135 e. The first kappa shape index (κ1) is 24.8. The molecule has 0 saturated carbocycles. The van der Waals surface area contributed by atoms with Crippen LogP contribution in [0.3, 0.4) is 0 Å². The Hall–Kier alpha value is -5.64. The lowest BCUT2D eigenvalue weighted by Gasteiger charge is -2.08. The molecule has 7 aromatic carbocycles. The summed E-state index contributed by atoms with van der Waals surface area (Å²) in [6.45, 7) is 0. The fraction of sp³-hybridized carbons (Fsp3) is 0. The molecular formula is C42H25NOS. The first-order valence-corrected chi connectivity index (χ1v) is 16.1. The van der Waals surface area contributed by atoms with E-state index in [1.54, 1.807) is 0 Å². The molecule has 10 rings (SSSR count). The SMILES string of the molecule is c1ccc(-n2c3ccc(-c4ccc5oc6ccccc6c5c4)cc3c3cc(-c4ccc5sc6ccccc6c5c4)ccc32)cc1. The molecule has 10 aromatic rings. The second kappa shape index (κ2) is 9.43. The van der Waals surface area contributed by atoms with Crippen LogP contribution >= 0.6 is 11.3 Å². The maximum absolute atomic E-state index is 6.12. The highest BCUT2D eigenvalue weighted by molar-refractivity contribution is 7.25. The zero-order chi connectivity index (χ0) is 29.5. The lowest BCUT2D eigenvalue weighted by molar-refractivity contribution is 0.669. The van der Waals surface area contributed by atoms with E-state index >= 15 is 0 Å². The molecule has 0 fully saturated rings. The van der Waals surface area contributed by atoms with Crippen LogP contribution in [-0.2, 0) is 0 Å². The van der Waals surface area contributed by atoms with E-state index in [1.165, 1.54) is 64.2 Å². The summed E-state index contributed by atoms with van der Waals surface area (Å²) in [4.78, 5) is 0. The third-order valence-corrected chi connectivity index (χ3v) is 10.4. The molecule has 0 atom stereocenters. The molecule has 0 aliphatic carbocycles. The van der Waals surface area contributed by atoms with E-state index in [9.17, 15) is 0 Å². The molecule has 3 heterocycles. The largest absolute Gasteiger partial charge is 0.456 e. The van der Waals surface area contributed by atoms with Crippen molar-refractivity contribution in [3.05, 3.63) is 152 Å². The number of benzene rings is 7. The van der Waals surface area contributed by atoms with Crippen molar-refractivity contribution < 1.29 is 4.42 Å². The van der Waals surface area contributed by atoms with Crippen molar-refractivity contribution in [1.82, 2.24) is 4.57 Å². The van der Waals surface area contributed by atoms with Gasteiger partial charge >= 0.3 is 0 Å². The minimum atomic E-state index is 0.918. The van der Waals surface area contributed by atoms with Gasteiger partial charge in [-0.25, -0.2) is 0 Å². The molecule has 0 aliphatic heterocycles. The molecule has 0 saturated heterocycles. The molecule has 45 heavy (non-hydrogen) atoms. The number of aromatic nitrogens is 1. The van der Waals surface area contributed by atoms with Gasteiger partial charge in [0.1, 0.15) is 11.2 Å². The van der Waals surface area contributed by atoms with Gasteiger partial charge in [-0.3, -0.25) is 0 Å². The monoisotopic (exact) mass is 591 g/mol. The highest BCUT2D eigenvalue weighted by atomic mass is 32.1. The van der Waals surface area contributed by atoms with Gasteiger partial charge < -0.3 is 8.98 Å². The van der Waals surface area contributed by atoms with Crippen LogP contribution in [-0.4, -0.2) is 4.57 Å². The number of hydrogen-bond acceptors (Lipinski definition) is 2. The summed E-state index contributed by atoms with van der Waals surface area (Å²) in [5.41, 5.74) is 10.2. The Morgan fingerprint density at radius 3 is 1.67 bits per heavy atom. The predicted octanol–water partition coefficient (Wildman–Crippen LogP) is 12.4. The summed E-state index contributed by atoms with van der Waals surface area (Å²) in [6.07, 6.45) is 0. The Balaban J connectivity index is 1.20. The van der Waals surface area contributed by atoms with Crippen LogP contribution < -0.4 is 0 Å². The van der Waals surface area contributed by atoms with Gasteiger partial charge in [-0.2, -0.15) is 0 Å². The van der Waals surface area contributed by atoms with Crippen molar-refractivity contribution >= 4 is 75.3 Å². The third-order valence-electron chi connectivity index (χ3n) is 9.20. The second-order valence-electron chi connectivity index (χ2n) is 11.8. The van der Waals surface area contributed by atoms with E-state index in [0.29, 0.717) is 0 Å². The molecule has 3 heteroatoms. The normalized spacial score (nSPS) is 12.0. The molecule has 0 amide bonds. The average Bonchev–Trinajstić information content (AvgIpc) is 3.77. The van der Waals surface area contributed by atoms with E-state index < -0.39 is 0 Å². The Morgan fingerprint density at radius 1 is 0.378 bits per heavy atom. The Kier molecular flexibility index (Phi) is 5.19. The van der Waals surface area contributed by atoms with Gasteiger partial charge in [-0.15, -0.1) is 11.3 Å². The van der Waals surface area contributed by atoms with Gasteiger partial charge in [0.2, 0.25) is 0 Å². The summed E-state index contributed by atoms with van der Waals surface area (Å²) < 4.78 is 11.2. The van der Waals surface area contributed by atoms with E-state index in [1.807, 2.05) is 23.5 Å². The fourth-order valence-corrected chi connectivity index (χ4v) is 8.14.